The summed E-state index contributed by atoms with van der Waals surface area (Å²) in [6.07, 6.45) is 1.09. The highest BCUT2D eigenvalue weighted by molar-refractivity contribution is 6.09. The molecule has 4 aromatic rings. The minimum Gasteiger partial charge on any atom is -0.490 e. The van der Waals surface area contributed by atoms with Gasteiger partial charge >= 0.3 is 0 Å². The second kappa shape index (κ2) is 8.20. The van der Waals surface area contributed by atoms with Crippen molar-refractivity contribution in [3.63, 3.8) is 0 Å². The molecule has 1 N–H and O–H groups in total. The van der Waals surface area contributed by atoms with Gasteiger partial charge in [-0.05, 0) is 79.9 Å². The Morgan fingerprint density at radius 1 is 1.00 bits per heavy atom. The molecule has 0 aliphatic carbocycles. The molecule has 1 aliphatic heterocycles. The highest BCUT2D eigenvalue weighted by Crippen LogP contribution is 2.39. The van der Waals surface area contributed by atoms with Crippen LogP contribution in [-0.2, 0) is 13.0 Å². The third kappa shape index (κ3) is 3.61. The number of ether oxygens (including phenoxy) is 2. The summed E-state index contributed by atoms with van der Waals surface area (Å²) in [4.78, 5) is 5.16. The van der Waals surface area contributed by atoms with Crippen molar-refractivity contribution in [1.29, 1.82) is 0 Å². The number of nitrogens with zero attached hydrogens (tertiary/aromatic N) is 1. The predicted octanol–water partition coefficient (Wildman–Crippen LogP) is 5.89. The van der Waals surface area contributed by atoms with E-state index in [0.29, 0.717) is 6.61 Å². The Balaban J connectivity index is 1.74. The van der Waals surface area contributed by atoms with E-state index in [-0.39, 0.29) is 6.10 Å². The second-order valence-corrected chi connectivity index (χ2v) is 8.29. The first-order valence-corrected chi connectivity index (χ1v) is 11.1. The number of nitrogens with one attached hydrogen (secondary N) is 1. The largest absolute Gasteiger partial charge is 0.490 e. The van der Waals surface area contributed by atoms with E-state index < -0.39 is 0 Å². The summed E-state index contributed by atoms with van der Waals surface area (Å²) < 4.78 is 11.9. The molecule has 0 fully saturated rings. The van der Waals surface area contributed by atoms with Gasteiger partial charge in [0, 0.05) is 17.5 Å². The average molecular weight is 413 g/mol. The molecule has 31 heavy (non-hydrogen) atoms. The van der Waals surface area contributed by atoms with Crippen LogP contribution < -0.4 is 14.8 Å². The van der Waals surface area contributed by atoms with Crippen LogP contribution in [-0.4, -0.2) is 24.2 Å². The molecule has 0 unspecified atom stereocenters. The molecule has 3 aromatic carbocycles. The lowest BCUT2D eigenvalue weighted by Gasteiger charge is -2.23. The Morgan fingerprint density at radius 2 is 1.87 bits per heavy atom. The fourth-order valence-corrected chi connectivity index (χ4v) is 4.56. The standard InChI is InChI=1S/C27H28N2O2/c1-4-30-25-15-19(10-12-24(25)31-17(2)3)27-22-16-28-14-13-21(22)26-20-8-6-5-7-18(20)9-11-23(26)29-27/h5-12,15,17,28H,4,13-14,16H2,1-3H3. The third-order valence-corrected chi connectivity index (χ3v) is 5.82. The number of hydrogen-bond donors (Lipinski definition) is 1. The lowest BCUT2D eigenvalue weighted by Crippen LogP contribution is -2.25. The van der Waals surface area contributed by atoms with Crippen LogP contribution in [0, 0.1) is 0 Å². The lowest BCUT2D eigenvalue weighted by molar-refractivity contribution is 0.224. The van der Waals surface area contributed by atoms with Crippen molar-refractivity contribution >= 4 is 21.7 Å². The van der Waals surface area contributed by atoms with E-state index in [0.717, 1.165) is 47.8 Å². The van der Waals surface area contributed by atoms with Crippen molar-refractivity contribution in [2.45, 2.75) is 39.8 Å². The quantitative estimate of drug-likeness (QED) is 0.415. The number of hydrogen-bond acceptors (Lipinski definition) is 4. The molecule has 0 bridgehead atoms. The molecule has 0 amide bonds. The van der Waals surface area contributed by atoms with Gasteiger partial charge in [-0.25, -0.2) is 4.98 Å². The normalized spacial score (nSPS) is 13.5. The molecular weight excluding hydrogens is 384 g/mol. The summed E-state index contributed by atoms with van der Waals surface area (Å²) in [5.74, 6) is 1.55. The molecule has 2 heterocycles. The van der Waals surface area contributed by atoms with Gasteiger partial charge in [0.15, 0.2) is 11.5 Å². The van der Waals surface area contributed by atoms with Gasteiger partial charge in [0.05, 0.1) is 23.9 Å². The first-order chi connectivity index (χ1) is 15.2. The summed E-state index contributed by atoms with van der Waals surface area (Å²) in [6.45, 7) is 8.46. The molecule has 0 atom stereocenters. The van der Waals surface area contributed by atoms with Crippen molar-refractivity contribution in [2.24, 2.45) is 0 Å². The fourth-order valence-electron chi connectivity index (χ4n) is 4.56. The SMILES string of the molecule is CCOc1cc(-c2nc3ccc4ccccc4c3c3c2CNCC3)ccc1OC(C)C. The maximum atomic E-state index is 5.96. The van der Waals surface area contributed by atoms with Crippen LogP contribution in [0.1, 0.15) is 31.9 Å². The van der Waals surface area contributed by atoms with Crippen LogP contribution in [0.25, 0.3) is 32.9 Å². The maximum absolute atomic E-state index is 5.96. The summed E-state index contributed by atoms with van der Waals surface area (Å²) in [5.41, 5.74) is 5.84. The van der Waals surface area contributed by atoms with Gasteiger partial charge in [-0.2, -0.15) is 0 Å². The second-order valence-electron chi connectivity index (χ2n) is 8.29. The van der Waals surface area contributed by atoms with Crippen molar-refractivity contribution in [2.75, 3.05) is 13.2 Å². The van der Waals surface area contributed by atoms with Gasteiger partial charge in [-0.3, -0.25) is 0 Å². The zero-order valence-corrected chi connectivity index (χ0v) is 18.4. The molecule has 1 aliphatic rings. The Morgan fingerprint density at radius 3 is 2.71 bits per heavy atom. The molecular formula is C27H28N2O2. The number of aromatic nitrogens is 1. The molecule has 158 valence electrons. The molecule has 4 nitrogen and oxygen atoms in total. The monoisotopic (exact) mass is 412 g/mol. The van der Waals surface area contributed by atoms with Crippen LogP contribution in [0.15, 0.2) is 54.6 Å². The Kier molecular flexibility index (Phi) is 5.24. The Hall–Kier alpha value is -3.11. The average Bonchev–Trinajstić information content (AvgIpc) is 2.79. The highest BCUT2D eigenvalue weighted by Gasteiger charge is 2.21. The van der Waals surface area contributed by atoms with Gasteiger partial charge in [-0.1, -0.05) is 30.3 Å². The highest BCUT2D eigenvalue weighted by atomic mass is 16.5. The topological polar surface area (TPSA) is 43.4 Å². The van der Waals surface area contributed by atoms with E-state index in [1.54, 1.807) is 0 Å². The van der Waals surface area contributed by atoms with Crippen LogP contribution >= 0.6 is 0 Å². The molecule has 0 radical (unpaired) electrons. The number of fused-ring (bicyclic) bond motifs is 5. The van der Waals surface area contributed by atoms with Gasteiger partial charge in [0.25, 0.3) is 0 Å². The zero-order chi connectivity index (χ0) is 21.4. The first kappa shape index (κ1) is 19.8. The maximum Gasteiger partial charge on any atom is 0.161 e. The van der Waals surface area contributed by atoms with Crippen LogP contribution in [0.4, 0.5) is 0 Å². The molecule has 0 spiro atoms. The molecule has 5 rings (SSSR count). The van der Waals surface area contributed by atoms with Crippen LogP contribution in [0.5, 0.6) is 11.5 Å². The van der Waals surface area contributed by atoms with Gasteiger partial charge in [-0.15, -0.1) is 0 Å². The van der Waals surface area contributed by atoms with E-state index in [1.165, 1.54) is 27.3 Å². The van der Waals surface area contributed by atoms with E-state index in [2.05, 4.69) is 53.8 Å². The van der Waals surface area contributed by atoms with Crippen molar-refractivity contribution < 1.29 is 9.47 Å². The molecule has 0 saturated carbocycles. The minimum atomic E-state index is 0.0918. The van der Waals surface area contributed by atoms with Crippen LogP contribution in [0.2, 0.25) is 0 Å². The summed E-state index contributed by atoms with van der Waals surface area (Å²) in [6, 6.07) is 19.1. The van der Waals surface area contributed by atoms with Crippen molar-refractivity contribution in [1.82, 2.24) is 10.3 Å². The molecule has 0 saturated heterocycles. The van der Waals surface area contributed by atoms with Gasteiger partial charge in [0.2, 0.25) is 0 Å². The van der Waals surface area contributed by atoms with E-state index >= 15 is 0 Å². The number of benzene rings is 3. The number of pyridine rings is 1. The van der Waals surface area contributed by atoms with Gasteiger partial charge in [0.1, 0.15) is 0 Å². The van der Waals surface area contributed by atoms with E-state index in [9.17, 15) is 0 Å². The predicted molar refractivity (Wildman–Crippen MR) is 127 cm³/mol. The minimum absolute atomic E-state index is 0.0918. The number of rotatable bonds is 5. The third-order valence-electron chi connectivity index (χ3n) is 5.82. The van der Waals surface area contributed by atoms with E-state index in [4.69, 9.17) is 14.5 Å². The summed E-state index contributed by atoms with van der Waals surface area (Å²) >= 11 is 0. The van der Waals surface area contributed by atoms with Gasteiger partial charge < -0.3 is 14.8 Å². The lowest BCUT2D eigenvalue weighted by atomic mass is 9.90. The summed E-state index contributed by atoms with van der Waals surface area (Å²) in [5, 5.41) is 7.39. The molecule has 4 heteroatoms. The van der Waals surface area contributed by atoms with Crippen LogP contribution in [0.3, 0.4) is 0 Å². The van der Waals surface area contributed by atoms with Crippen molar-refractivity contribution in [3.8, 4) is 22.8 Å². The summed E-state index contributed by atoms with van der Waals surface area (Å²) in [7, 11) is 0. The van der Waals surface area contributed by atoms with E-state index in [1.807, 2.05) is 26.8 Å². The fraction of sp³-hybridized carbons (Fsp3) is 0.296. The zero-order valence-electron chi connectivity index (χ0n) is 18.4. The first-order valence-electron chi connectivity index (χ1n) is 11.1. The van der Waals surface area contributed by atoms with Crippen molar-refractivity contribution in [3.05, 3.63) is 65.7 Å². The smallest absolute Gasteiger partial charge is 0.161 e. The molecule has 1 aromatic heterocycles. The Bertz CT molecular complexity index is 1260. The Labute approximate surface area is 183 Å².